The van der Waals surface area contributed by atoms with Crippen LogP contribution >= 0.6 is 141 Å². The van der Waals surface area contributed by atoms with E-state index in [1.54, 1.807) is 70.6 Å². The van der Waals surface area contributed by atoms with Crippen LogP contribution in [0.1, 0.15) is 13.8 Å². The van der Waals surface area contributed by atoms with E-state index in [-0.39, 0.29) is 5.97 Å². The Bertz CT molecular complexity index is 1030. The average Bonchev–Trinajstić information content (AvgIpc) is 3.61. The molecule has 4 rings (SSSR count). The Hall–Kier alpha value is 2.11. The number of thioether (sulfide) groups is 12. The lowest BCUT2D eigenvalue weighted by Gasteiger charge is -2.06. The first kappa shape index (κ1) is 29.1. The molecule has 0 atom stereocenters. The highest BCUT2D eigenvalue weighted by Crippen LogP contribution is 2.64. The lowest BCUT2D eigenvalue weighted by Crippen LogP contribution is -2.07. The van der Waals surface area contributed by atoms with Gasteiger partial charge in [-0.15, -0.1) is 47.0 Å². The smallest absolute Gasteiger partial charge is 0.345 e. The van der Waals surface area contributed by atoms with Crippen molar-refractivity contribution in [1.82, 2.24) is 0 Å². The predicted molar refractivity (Wildman–Crippen MR) is 179 cm³/mol. The van der Waals surface area contributed by atoms with Crippen molar-refractivity contribution in [3.8, 4) is 0 Å². The van der Waals surface area contributed by atoms with Crippen molar-refractivity contribution < 1.29 is 9.53 Å². The molecule has 0 saturated carbocycles. The number of ether oxygens (including phenoxy) is 1. The molecule has 4 aliphatic rings. The number of rotatable bonds is 8. The summed E-state index contributed by atoms with van der Waals surface area (Å²) in [7, 11) is 0. The minimum absolute atomic E-state index is 0.212. The first-order valence-electron chi connectivity index (χ1n) is 9.61. The summed E-state index contributed by atoms with van der Waals surface area (Å²) in [5.74, 6) is 0.553. The van der Waals surface area contributed by atoms with Gasteiger partial charge in [-0.25, -0.2) is 4.79 Å². The van der Waals surface area contributed by atoms with Crippen molar-refractivity contribution in [3.63, 3.8) is 0 Å². The second-order valence-corrected chi connectivity index (χ2v) is 20.4. The van der Waals surface area contributed by atoms with Gasteiger partial charge in [0.15, 0.2) is 0 Å². The maximum atomic E-state index is 12.6. The van der Waals surface area contributed by atoms with Crippen LogP contribution in [0, 0.1) is 0 Å². The van der Waals surface area contributed by atoms with Gasteiger partial charge >= 0.3 is 5.97 Å². The molecule has 0 amide bonds. The van der Waals surface area contributed by atoms with Crippen molar-refractivity contribution >= 4 is 147 Å². The molecule has 0 fully saturated rings. The monoisotopic (exact) mass is 676 g/mol. The number of allylic oxidation sites excluding steroid dienone is 2. The van der Waals surface area contributed by atoms with Crippen LogP contribution < -0.4 is 0 Å². The molecule has 0 bridgehead atoms. The highest BCUT2D eigenvalue weighted by Gasteiger charge is 2.30. The zero-order valence-electron chi connectivity index (χ0n) is 18.7. The van der Waals surface area contributed by atoms with Crippen molar-refractivity contribution in [2.24, 2.45) is 0 Å². The predicted octanol–water partition coefficient (Wildman–Crippen LogP) is 10.9. The molecule has 4 heterocycles. The lowest BCUT2D eigenvalue weighted by atomic mass is 10.6. The third kappa shape index (κ3) is 7.19. The molecule has 0 aromatic carbocycles. The summed E-state index contributed by atoms with van der Waals surface area (Å²) in [5.41, 5.74) is 0. The highest BCUT2D eigenvalue weighted by atomic mass is 32.3. The fraction of sp³-hybridized carbons (Fsp3) is 0.350. The maximum Gasteiger partial charge on any atom is 0.345 e. The van der Waals surface area contributed by atoms with Crippen LogP contribution in [0.25, 0.3) is 0 Å². The van der Waals surface area contributed by atoms with Crippen LogP contribution in [-0.4, -0.2) is 37.1 Å². The second-order valence-electron chi connectivity index (χ2n) is 6.32. The lowest BCUT2D eigenvalue weighted by molar-refractivity contribution is -0.137. The molecular weight excluding hydrogens is 657 g/mol. The number of carbonyl (C=O) groups excluding carboxylic acids is 1. The molecule has 0 N–H and O–H groups in total. The fourth-order valence-corrected chi connectivity index (χ4v) is 18.1. The highest BCUT2D eigenvalue weighted by molar-refractivity contribution is 8.43. The molecular formula is C20H20O2S12. The number of hydrogen-bond acceptors (Lipinski definition) is 14. The molecule has 0 aromatic rings. The van der Waals surface area contributed by atoms with Crippen LogP contribution in [0.5, 0.6) is 0 Å². The number of hydrogen-bond donors (Lipinski definition) is 0. The SMILES string of the molecule is CSC1=C(SC)SC(=C2SC=C(C(=O)OCCSC3=C(SC)SC(=C4SC(C)=C(C)S4)S3)S2)S1. The number of carbonyl (C=O) groups is 1. The molecule has 0 spiro atoms. The van der Waals surface area contributed by atoms with Gasteiger partial charge in [0.2, 0.25) is 0 Å². The Morgan fingerprint density at radius 2 is 1.24 bits per heavy atom. The fourth-order valence-electron chi connectivity index (χ4n) is 2.48. The van der Waals surface area contributed by atoms with E-state index in [9.17, 15) is 4.79 Å². The van der Waals surface area contributed by atoms with Crippen LogP contribution in [0.3, 0.4) is 0 Å². The summed E-state index contributed by atoms with van der Waals surface area (Å²) in [4.78, 5) is 16.1. The first-order chi connectivity index (χ1) is 16.4. The summed E-state index contributed by atoms with van der Waals surface area (Å²) in [5, 5.41) is 1.94. The van der Waals surface area contributed by atoms with Crippen LogP contribution in [0.4, 0.5) is 0 Å². The molecule has 34 heavy (non-hydrogen) atoms. The van der Waals surface area contributed by atoms with Gasteiger partial charge in [-0.3, -0.25) is 0 Å². The molecule has 0 saturated heterocycles. The van der Waals surface area contributed by atoms with Crippen LogP contribution in [0.15, 0.2) is 54.0 Å². The van der Waals surface area contributed by atoms with Gasteiger partial charge in [0.25, 0.3) is 0 Å². The van der Waals surface area contributed by atoms with Gasteiger partial charge in [-0.2, -0.15) is 0 Å². The van der Waals surface area contributed by atoms with Crippen LogP contribution in [0.2, 0.25) is 0 Å². The normalized spacial score (nSPS) is 21.1. The van der Waals surface area contributed by atoms with E-state index in [4.69, 9.17) is 4.74 Å². The van der Waals surface area contributed by atoms with Gasteiger partial charge in [0, 0.05) is 5.75 Å². The first-order valence-corrected chi connectivity index (χ1v) is 20.9. The van der Waals surface area contributed by atoms with Gasteiger partial charge < -0.3 is 4.74 Å². The van der Waals surface area contributed by atoms with E-state index < -0.39 is 0 Å². The van der Waals surface area contributed by atoms with Crippen molar-refractivity contribution in [2.75, 3.05) is 31.1 Å². The molecule has 0 unspecified atom stereocenters. The summed E-state index contributed by atoms with van der Waals surface area (Å²) >= 11 is 21.5. The molecule has 0 radical (unpaired) electrons. The molecule has 0 aliphatic carbocycles. The standard InChI is InChI=1S/C20H20O2S12/c1-9-10(2)29-19(28-9)20-33-15(25-5)16(34-20)26-7-6-22-12(21)11-8-27-17(30-11)18-31-13(23-3)14(24-4)32-18/h8H,6-7H2,1-5H3. The average molecular weight is 677 g/mol. The van der Waals surface area contributed by atoms with Gasteiger partial charge in [-0.1, -0.05) is 94.1 Å². The van der Waals surface area contributed by atoms with E-state index in [0.717, 1.165) is 5.75 Å². The van der Waals surface area contributed by atoms with E-state index in [1.807, 2.05) is 76.0 Å². The van der Waals surface area contributed by atoms with Crippen molar-refractivity contribution in [2.45, 2.75) is 13.8 Å². The van der Waals surface area contributed by atoms with E-state index >= 15 is 0 Å². The van der Waals surface area contributed by atoms with Gasteiger partial charge in [0.1, 0.15) is 11.5 Å². The summed E-state index contributed by atoms with van der Waals surface area (Å²) < 4.78 is 16.2. The quantitative estimate of drug-likeness (QED) is 0.180. The molecule has 0 aromatic heterocycles. The minimum atomic E-state index is -0.212. The maximum absolute atomic E-state index is 12.6. The van der Waals surface area contributed by atoms with E-state index in [0.29, 0.717) is 11.5 Å². The molecule has 184 valence electrons. The summed E-state index contributed by atoms with van der Waals surface area (Å²) in [6.45, 7) is 4.81. The van der Waals surface area contributed by atoms with Crippen LogP contribution in [-0.2, 0) is 9.53 Å². The Kier molecular flexibility index (Phi) is 11.9. The summed E-state index contributed by atoms with van der Waals surface area (Å²) in [6.07, 6.45) is 6.37. The summed E-state index contributed by atoms with van der Waals surface area (Å²) in [6, 6.07) is 0. The zero-order chi connectivity index (χ0) is 24.2. The second kappa shape index (κ2) is 14.0. The third-order valence-electron chi connectivity index (χ3n) is 4.18. The minimum Gasteiger partial charge on any atom is -0.461 e. The molecule has 4 aliphatic heterocycles. The van der Waals surface area contributed by atoms with Gasteiger partial charge in [0.05, 0.1) is 33.9 Å². The zero-order valence-corrected chi connectivity index (χ0v) is 28.5. The Morgan fingerprint density at radius 1 is 0.735 bits per heavy atom. The largest absolute Gasteiger partial charge is 0.461 e. The van der Waals surface area contributed by atoms with Crippen molar-refractivity contribution in [1.29, 1.82) is 0 Å². The Morgan fingerprint density at radius 3 is 1.82 bits per heavy atom. The van der Waals surface area contributed by atoms with Crippen molar-refractivity contribution in [3.05, 3.63) is 54.0 Å². The Labute approximate surface area is 252 Å². The third-order valence-corrected chi connectivity index (χ3v) is 20.8. The topological polar surface area (TPSA) is 26.3 Å². The molecule has 2 nitrogen and oxygen atoms in total. The van der Waals surface area contributed by atoms with Gasteiger partial charge in [-0.05, 0) is 47.8 Å². The van der Waals surface area contributed by atoms with E-state index in [2.05, 4.69) is 32.6 Å². The van der Waals surface area contributed by atoms with E-state index in [1.165, 1.54) is 43.7 Å². The number of esters is 1. The molecule has 14 heteroatoms. The Balaban J connectivity index is 1.23.